The van der Waals surface area contributed by atoms with Crippen molar-refractivity contribution in [3.05, 3.63) is 45.5 Å². The number of ketones is 1. The summed E-state index contributed by atoms with van der Waals surface area (Å²) in [7, 11) is 0. The number of hydrogen-bond donors (Lipinski definition) is 1. The fourth-order valence-corrected chi connectivity index (χ4v) is 5.56. The molecule has 1 fully saturated rings. The highest BCUT2D eigenvalue weighted by atomic mass is 35.5. The number of pyridine rings is 1. The van der Waals surface area contributed by atoms with Gasteiger partial charge in [-0.05, 0) is 37.5 Å². The highest BCUT2D eigenvalue weighted by molar-refractivity contribution is 6.39. The van der Waals surface area contributed by atoms with E-state index in [4.69, 9.17) is 23.2 Å². The van der Waals surface area contributed by atoms with Gasteiger partial charge in [-0.3, -0.25) is 24.0 Å². The second-order valence-electron chi connectivity index (χ2n) is 11.5. The zero-order valence-corrected chi connectivity index (χ0v) is 23.8. The summed E-state index contributed by atoms with van der Waals surface area (Å²) in [6.07, 6.45) is -1.20. The first-order chi connectivity index (χ1) is 17.9. The van der Waals surface area contributed by atoms with Crippen LogP contribution in [0.4, 0.5) is 13.2 Å². The highest BCUT2D eigenvalue weighted by Gasteiger charge is 2.47. The molecule has 2 heterocycles. The fourth-order valence-electron chi connectivity index (χ4n) is 4.99. The van der Waals surface area contributed by atoms with E-state index in [0.29, 0.717) is 0 Å². The third-order valence-electron chi connectivity index (χ3n) is 7.26. The number of carbonyl (C=O) groups excluding carboxylic acids is 2. The second kappa shape index (κ2) is 11.1. The van der Waals surface area contributed by atoms with Gasteiger partial charge < -0.3 is 10.0 Å². The SMILES string of the molecule is CC1C[C@H](n2ncc(C(=O)N(CC(=O)c3c(Cl)cncc3Cl)CC(C)(C)C)c2C(F)(F)F)CC[C@]1(C)C(=O)O. The van der Waals surface area contributed by atoms with E-state index in [1.165, 1.54) is 12.4 Å². The first-order valence-corrected chi connectivity index (χ1v) is 13.1. The lowest BCUT2D eigenvalue weighted by atomic mass is 9.67. The van der Waals surface area contributed by atoms with Crippen LogP contribution in [0.15, 0.2) is 18.6 Å². The third-order valence-corrected chi connectivity index (χ3v) is 7.83. The third kappa shape index (κ3) is 6.57. The van der Waals surface area contributed by atoms with Crippen LogP contribution in [0, 0.1) is 16.7 Å². The van der Waals surface area contributed by atoms with Crippen LogP contribution in [-0.4, -0.2) is 55.5 Å². The van der Waals surface area contributed by atoms with Crippen molar-refractivity contribution >= 4 is 40.9 Å². The Morgan fingerprint density at radius 3 is 2.23 bits per heavy atom. The van der Waals surface area contributed by atoms with E-state index in [-0.39, 0.29) is 41.4 Å². The minimum Gasteiger partial charge on any atom is -0.481 e. The normalized spacial score (nSPS) is 22.0. The van der Waals surface area contributed by atoms with Gasteiger partial charge in [-0.15, -0.1) is 0 Å². The van der Waals surface area contributed by atoms with Crippen molar-refractivity contribution in [3.8, 4) is 0 Å². The molecule has 0 radical (unpaired) electrons. The summed E-state index contributed by atoms with van der Waals surface area (Å²) >= 11 is 12.2. The summed E-state index contributed by atoms with van der Waals surface area (Å²) in [6, 6.07) is -0.752. The molecule has 214 valence electrons. The largest absolute Gasteiger partial charge is 0.481 e. The van der Waals surface area contributed by atoms with Crippen LogP contribution in [0.2, 0.25) is 10.0 Å². The smallest absolute Gasteiger partial charge is 0.433 e. The lowest BCUT2D eigenvalue weighted by Crippen LogP contribution is -2.42. The van der Waals surface area contributed by atoms with Crippen LogP contribution in [0.5, 0.6) is 0 Å². The Hall–Kier alpha value is -2.66. The number of Topliss-reactive ketones (excluding diaryl/α,β-unsaturated/α-hetero) is 1. The molecule has 0 spiro atoms. The minimum atomic E-state index is -4.94. The standard InChI is InChI=1S/C26H31Cl2F3N4O4/c1-14-8-15(6-7-25(14,5)23(38)39)35-21(26(29,30)31)16(9-33-35)22(37)34(13-24(2,3)4)12-19(36)20-17(27)10-32-11-18(20)28/h9-11,14-15H,6-8,12-13H2,1-5H3,(H,38,39)/t14?,15-,25+/m1/s1. The van der Waals surface area contributed by atoms with Gasteiger partial charge in [-0.1, -0.05) is 50.9 Å². The van der Waals surface area contributed by atoms with Gasteiger partial charge >= 0.3 is 12.1 Å². The Morgan fingerprint density at radius 1 is 1.15 bits per heavy atom. The number of nitrogens with zero attached hydrogens (tertiary/aromatic N) is 4. The van der Waals surface area contributed by atoms with Crippen LogP contribution in [0.3, 0.4) is 0 Å². The van der Waals surface area contributed by atoms with E-state index >= 15 is 0 Å². The van der Waals surface area contributed by atoms with E-state index in [0.717, 1.165) is 15.8 Å². The summed E-state index contributed by atoms with van der Waals surface area (Å²) < 4.78 is 44.1. The van der Waals surface area contributed by atoms with Crippen molar-refractivity contribution in [2.75, 3.05) is 13.1 Å². The minimum absolute atomic E-state index is 0.0424. The Bertz CT molecular complexity index is 1250. The van der Waals surface area contributed by atoms with E-state index < -0.39 is 64.4 Å². The van der Waals surface area contributed by atoms with Crippen LogP contribution in [-0.2, 0) is 11.0 Å². The maximum absolute atomic E-state index is 14.4. The molecule has 0 bridgehead atoms. The van der Waals surface area contributed by atoms with Crippen LogP contribution in [0.1, 0.15) is 86.3 Å². The van der Waals surface area contributed by atoms with Crippen LogP contribution >= 0.6 is 23.2 Å². The highest BCUT2D eigenvalue weighted by Crippen LogP contribution is 2.47. The average Bonchev–Trinajstić information content (AvgIpc) is 3.24. The molecule has 0 saturated heterocycles. The molecular weight excluding hydrogens is 560 g/mol. The molecule has 13 heteroatoms. The molecule has 1 N–H and O–H groups in total. The quantitative estimate of drug-likeness (QED) is 0.373. The summed E-state index contributed by atoms with van der Waals surface area (Å²) in [6.45, 7) is 8.00. The number of aliphatic carboxylic acids is 1. The molecule has 0 aliphatic heterocycles. The molecule has 39 heavy (non-hydrogen) atoms. The zero-order valence-electron chi connectivity index (χ0n) is 22.3. The number of halogens is 5. The summed E-state index contributed by atoms with van der Waals surface area (Å²) in [5, 5.41) is 13.5. The second-order valence-corrected chi connectivity index (χ2v) is 12.3. The maximum Gasteiger partial charge on any atom is 0.433 e. The lowest BCUT2D eigenvalue weighted by molar-refractivity contribution is -0.155. The zero-order chi connectivity index (χ0) is 29.5. The number of carboxylic acids is 1. The van der Waals surface area contributed by atoms with Gasteiger partial charge in [0.05, 0.1) is 45.4 Å². The van der Waals surface area contributed by atoms with Crippen molar-refractivity contribution in [2.24, 2.45) is 16.7 Å². The van der Waals surface area contributed by atoms with Gasteiger partial charge in [0.2, 0.25) is 0 Å². The molecule has 1 saturated carbocycles. The van der Waals surface area contributed by atoms with Gasteiger partial charge in [0.15, 0.2) is 11.5 Å². The number of carboxylic acid groups (broad SMARTS) is 1. The first-order valence-electron chi connectivity index (χ1n) is 12.4. The van der Waals surface area contributed by atoms with Gasteiger partial charge in [0.1, 0.15) is 0 Å². The Balaban J connectivity index is 2.01. The number of alkyl halides is 3. The Labute approximate surface area is 234 Å². The van der Waals surface area contributed by atoms with Crippen molar-refractivity contribution in [1.29, 1.82) is 0 Å². The first kappa shape index (κ1) is 30.9. The average molecular weight is 591 g/mol. The van der Waals surface area contributed by atoms with Gasteiger partial charge in [0.25, 0.3) is 5.91 Å². The molecule has 1 amide bonds. The lowest BCUT2D eigenvalue weighted by Gasteiger charge is -2.40. The van der Waals surface area contributed by atoms with Crippen molar-refractivity contribution in [2.45, 2.75) is 66.1 Å². The molecule has 0 aromatic carbocycles. The molecule has 3 atom stereocenters. The summed E-state index contributed by atoms with van der Waals surface area (Å²) in [5.74, 6) is -3.10. The topological polar surface area (TPSA) is 105 Å². The molecule has 1 unspecified atom stereocenters. The van der Waals surface area contributed by atoms with Gasteiger partial charge in [0, 0.05) is 18.9 Å². The predicted molar refractivity (Wildman–Crippen MR) is 139 cm³/mol. The van der Waals surface area contributed by atoms with Crippen molar-refractivity contribution in [3.63, 3.8) is 0 Å². The fraction of sp³-hybridized carbons (Fsp3) is 0.577. The number of amides is 1. The van der Waals surface area contributed by atoms with Crippen LogP contribution in [0.25, 0.3) is 0 Å². The molecule has 2 aromatic heterocycles. The summed E-state index contributed by atoms with van der Waals surface area (Å²) in [4.78, 5) is 43.4. The Morgan fingerprint density at radius 2 is 1.74 bits per heavy atom. The Kier molecular flexibility index (Phi) is 8.77. The maximum atomic E-state index is 14.4. The molecule has 1 aliphatic rings. The monoisotopic (exact) mass is 590 g/mol. The molecule has 2 aromatic rings. The van der Waals surface area contributed by atoms with Gasteiger partial charge in [-0.2, -0.15) is 18.3 Å². The number of hydrogen-bond acceptors (Lipinski definition) is 5. The van der Waals surface area contributed by atoms with E-state index in [2.05, 4.69) is 10.1 Å². The van der Waals surface area contributed by atoms with E-state index in [1.54, 1.807) is 34.6 Å². The predicted octanol–water partition coefficient (Wildman–Crippen LogP) is 6.43. The molecular formula is C26H31Cl2F3N4O4. The summed E-state index contributed by atoms with van der Waals surface area (Å²) in [5.41, 5.74) is -3.64. The van der Waals surface area contributed by atoms with Crippen molar-refractivity contribution in [1.82, 2.24) is 19.7 Å². The molecule has 3 rings (SSSR count). The number of carbonyl (C=O) groups is 3. The molecule has 8 nitrogen and oxygen atoms in total. The van der Waals surface area contributed by atoms with Gasteiger partial charge in [-0.25, -0.2) is 0 Å². The van der Waals surface area contributed by atoms with E-state index in [1.807, 2.05) is 0 Å². The van der Waals surface area contributed by atoms with Crippen molar-refractivity contribution < 1.29 is 32.7 Å². The number of aromatic nitrogens is 3. The molecule has 1 aliphatic carbocycles. The van der Waals surface area contributed by atoms with E-state index in [9.17, 15) is 32.7 Å². The number of rotatable bonds is 7. The van der Waals surface area contributed by atoms with Crippen LogP contribution < -0.4 is 0 Å².